The van der Waals surface area contributed by atoms with Crippen LogP contribution in [0.3, 0.4) is 0 Å². The molecule has 0 radical (unpaired) electrons. The summed E-state index contributed by atoms with van der Waals surface area (Å²) in [5.41, 5.74) is 1.76. The molecule has 140 valence electrons. The Labute approximate surface area is 154 Å². The summed E-state index contributed by atoms with van der Waals surface area (Å²) in [5.74, 6) is 2.67. The maximum Gasteiger partial charge on any atom is 0.232 e. The highest BCUT2D eigenvalue weighted by molar-refractivity contribution is 5.54. The Morgan fingerprint density at radius 3 is 2.65 bits per heavy atom. The van der Waals surface area contributed by atoms with Crippen LogP contribution in [-0.4, -0.2) is 46.3 Å². The van der Waals surface area contributed by atoms with Crippen molar-refractivity contribution in [3.63, 3.8) is 0 Å². The first kappa shape index (κ1) is 17.5. The topological polar surface area (TPSA) is 64.3 Å². The van der Waals surface area contributed by atoms with E-state index in [1.807, 2.05) is 12.3 Å². The molecule has 1 aliphatic heterocycles. The summed E-state index contributed by atoms with van der Waals surface area (Å²) in [6.07, 6.45) is 6.99. The van der Waals surface area contributed by atoms with Gasteiger partial charge in [0, 0.05) is 29.8 Å². The number of nitrogens with zero attached hydrogens (tertiary/aromatic N) is 4. The predicted molar refractivity (Wildman–Crippen MR) is 99.4 cm³/mol. The Morgan fingerprint density at radius 1 is 1.23 bits per heavy atom. The van der Waals surface area contributed by atoms with Crippen LogP contribution < -0.4 is 4.74 Å². The Bertz CT molecular complexity index is 755. The summed E-state index contributed by atoms with van der Waals surface area (Å²) in [7, 11) is 0. The Kier molecular flexibility index (Phi) is 4.69. The van der Waals surface area contributed by atoms with Crippen LogP contribution in [0.5, 0.6) is 5.75 Å². The Morgan fingerprint density at radius 2 is 2.00 bits per heavy atom. The second-order valence-electron chi connectivity index (χ2n) is 8.45. The van der Waals surface area contributed by atoms with Gasteiger partial charge >= 0.3 is 0 Å². The SMILES string of the molecule is CC(C)(C)c1nc(-c2cc(OCCN3CCCC3)c(C3CC3)cn2)no1. The number of likely N-dealkylation sites (tertiary alicyclic amines) is 1. The molecule has 1 saturated carbocycles. The summed E-state index contributed by atoms with van der Waals surface area (Å²) >= 11 is 0. The molecular weight excluding hydrogens is 328 g/mol. The van der Waals surface area contributed by atoms with Crippen molar-refractivity contribution in [3.8, 4) is 17.3 Å². The summed E-state index contributed by atoms with van der Waals surface area (Å²) in [6, 6.07) is 1.98. The zero-order chi connectivity index (χ0) is 18.1. The van der Waals surface area contributed by atoms with E-state index in [1.165, 1.54) is 44.3 Å². The Hall–Kier alpha value is -1.95. The van der Waals surface area contributed by atoms with Crippen molar-refractivity contribution in [1.29, 1.82) is 0 Å². The van der Waals surface area contributed by atoms with Crippen molar-refractivity contribution in [2.75, 3.05) is 26.2 Å². The highest BCUT2D eigenvalue weighted by atomic mass is 16.5. The van der Waals surface area contributed by atoms with E-state index in [4.69, 9.17) is 9.26 Å². The average Bonchev–Trinajstić information content (AvgIpc) is 3.10. The molecule has 2 fully saturated rings. The molecule has 6 heteroatoms. The van der Waals surface area contributed by atoms with Crippen LogP contribution in [0.1, 0.15) is 63.8 Å². The molecule has 0 bridgehead atoms. The van der Waals surface area contributed by atoms with E-state index in [2.05, 4.69) is 40.8 Å². The quantitative estimate of drug-likeness (QED) is 0.785. The van der Waals surface area contributed by atoms with Gasteiger partial charge in [0.2, 0.25) is 11.7 Å². The molecule has 3 heterocycles. The fraction of sp³-hybridized carbons (Fsp3) is 0.650. The van der Waals surface area contributed by atoms with Gasteiger partial charge in [-0.3, -0.25) is 9.88 Å². The van der Waals surface area contributed by atoms with Crippen LogP contribution >= 0.6 is 0 Å². The number of ether oxygens (including phenoxy) is 1. The molecular formula is C20H28N4O2. The molecule has 2 aliphatic rings. The molecule has 26 heavy (non-hydrogen) atoms. The summed E-state index contributed by atoms with van der Waals surface area (Å²) < 4.78 is 11.6. The molecule has 0 unspecified atom stereocenters. The van der Waals surface area contributed by atoms with Crippen LogP contribution in [0.2, 0.25) is 0 Å². The summed E-state index contributed by atoms with van der Waals surface area (Å²) in [4.78, 5) is 11.6. The molecule has 1 saturated heterocycles. The van der Waals surface area contributed by atoms with Gasteiger partial charge in [-0.25, -0.2) is 0 Å². The standard InChI is InChI=1S/C20H28N4O2/c1-20(2,3)19-22-18(23-26-19)16-12-17(15(13-21-16)14-6-7-14)25-11-10-24-8-4-5-9-24/h12-14H,4-11H2,1-3H3. The van der Waals surface area contributed by atoms with E-state index in [-0.39, 0.29) is 5.41 Å². The van der Waals surface area contributed by atoms with E-state index in [1.54, 1.807) is 0 Å². The van der Waals surface area contributed by atoms with Gasteiger partial charge in [0.05, 0.1) is 0 Å². The molecule has 4 rings (SSSR count). The van der Waals surface area contributed by atoms with Gasteiger partial charge in [-0.15, -0.1) is 0 Å². The smallest absolute Gasteiger partial charge is 0.232 e. The van der Waals surface area contributed by atoms with E-state index in [0.29, 0.717) is 29.9 Å². The van der Waals surface area contributed by atoms with Crippen LogP contribution in [0.15, 0.2) is 16.8 Å². The number of pyridine rings is 1. The highest BCUT2D eigenvalue weighted by Crippen LogP contribution is 2.44. The van der Waals surface area contributed by atoms with E-state index in [9.17, 15) is 0 Å². The third-order valence-electron chi connectivity index (χ3n) is 5.07. The van der Waals surface area contributed by atoms with Crippen molar-refractivity contribution < 1.29 is 9.26 Å². The van der Waals surface area contributed by atoms with Crippen LogP contribution in [0.25, 0.3) is 11.5 Å². The molecule has 0 amide bonds. The second-order valence-corrected chi connectivity index (χ2v) is 8.45. The molecule has 0 spiro atoms. The number of hydrogen-bond acceptors (Lipinski definition) is 6. The highest BCUT2D eigenvalue weighted by Gasteiger charge is 2.29. The van der Waals surface area contributed by atoms with Crippen LogP contribution in [0, 0.1) is 0 Å². The maximum absolute atomic E-state index is 6.17. The van der Waals surface area contributed by atoms with Crippen molar-refractivity contribution in [3.05, 3.63) is 23.7 Å². The van der Waals surface area contributed by atoms with Gasteiger partial charge in [0.15, 0.2) is 0 Å². The minimum Gasteiger partial charge on any atom is -0.492 e. The first-order chi connectivity index (χ1) is 12.5. The van der Waals surface area contributed by atoms with Crippen molar-refractivity contribution in [2.24, 2.45) is 0 Å². The average molecular weight is 356 g/mol. The predicted octanol–water partition coefficient (Wildman–Crippen LogP) is 3.78. The normalized spacial score (nSPS) is 18.4. The van der Waals surface area contributed by atoms with Crippen LogP contribution in [0.4, 0.5) is 0 Å². The van der Waals surface area contributed by atoms with Gasteiger partial charge in [-0.05, 0) is 44.7 Å². The lowest BCUT2D eigenvalue weighted by Gasteiger charge is -2.16. The molecule has 2 aromatic heterocycles. The third-order valence-corrected chi connectivity index (χ3v) is 5.07. The third kappa shape index (κ3) is 3.90. The van der Waals surface area contributed by atoms with Crippen molar-refractivity contribution >= 4 is 0 Å². The molecule has 0 aromatic carbocycles. The zero-order valence-corrected chi connectivity index (χ0v) is 16.0. The van der Waals surface area contributed by atoms with E-state index < -0.39 is 0 Å². The summed E-state index contributed by atoms with van der Waals surface area (Å²) in [5, 5.41) is 4.12. The fourth-order valence-corrected chi connectivity index (χ4v) is 3.32. The van der Waals surface area contributed by atoms with Crippen LogP contribution in [-0.2, 0) is 5.41 Å². The number of aromatic nitrogens is 3. The van der Waals surface area contributed by atoms with Gasteiger partial charge in [0.25, 0.3) is 0 Å². The molecule has 0 atom stereocenters. The van der Waals surface area contributed by atoms with Crippen molar-refractivity contribution in [2.45, 2.75) is 57.8 Å². The van der Waals surface area contributed by atoms with E-state index in [0.717, 1.165) is 12.3 Å². The molecule has 6 nitrogen and oxygen atoms in total. The monoisotopic (exact) mass is 356 g/mol. The first-order valence-corrected chi connectivity index (χ1v) is 9.70. The molecule has 2 aromatic rings. The number of rotatable bonds is 6. The largest absolute Gasteiger partial charge is 0.492 e. The van der Waals surface area contributed by atoms with Crippen molar-refractivity contribution in [1.82, 2.24) is 20.0 Å². The van der Waals surface area contributed by atoms with Gasteiger partial charge < -0.3 is 9.26 Å². The van der Waals surface area contributed by atoms with E-state index >= 15 is 0 Å². The minimum atomic E-state index is -0.172. The zero-order valence-electron chi connectivity index (χ0n) is 16.0. The molecule has 0 N–H and O–H groups in total. The first-order valence-electron chi connectivity index (χ1n) is 9.70. The molecule has 1 aliphatic carbocycles. The van der Waals surface area contributed by atoms with Gasteiger partial charge in [0.1, 0.15) is 18.1 Å². The van der Waals surface area contributed by atoms with Gasteiger partial charge in [-0.1, -0.05) is 25.9 Å². The second kappa shape index (κ2) is 6.99. The summed E-state index contributed by atoms with van der Waals surface area (Å²) in [6.45, 7) is 10.3. The maximum atomic E-state index is 6.17. The lowest BCUT2D eigenvalue weighted by atomic mass is 9.97. The van der Waals surface area contributed by atoms with Gasteiger partial charge in [-0.2, -0.15) is 4.98 Å². The fourth-order valence-electron chi connectivity index (χ4n) is 3.32. The lowest BCUT2D eigenvalue weighted by Crippen LogP contribution is -2.25. The minimum absolute atomic E-state index is 0.172. The lowest BCUT2D eigenvalue weighted by molar-refractivity contribution is 0.236. The number of hydrogen-bond donors (Lipinski definition) is 0. The Balaban J connectivity index is 1.51.